The fourth-order valence-electron chi connectivity index (χ4n) is 0.810. The summed E-state index contributed by atoms with van der Waals surface area (Å²) in [5.74, 6) is 0.690. The third kappa shape index (κ3) is 1.87. The molecule has 0 aliphatic rings. The number of rotatable bonds is 3. The number of hydrogen-bond acceptors (Lipinski definition) is 3. The minimum atomic E-state index is -0.815. The number of aromatic nitrogens is 1. The van der Waals surface area contributed by atoms with Gasteiger partial charge in [0.05, 0.1) is 22.0 Å². The summed E-state index contributed by atoms with van der Waals surface area (Å²) in [6.45, 7) is 3.96. The molecule has 0 aliphatic carbocycles. The number of nitrogens with zero attached hydrogens (tertiary/aromatic N) is 1. The minimum absolute atomic E-state index is 0.690. The van der Waals surface area contributed by atoms with Gasteiger partial charge in [0.1, 0.15) is 4.21 Å². The van der Waals surface area contributed by atoms with E-state index >= 15 is 0 Å². The second-order valence-corrected chi connectivity index (χ2v) is 4.86. The van der Waals surface area contributed by atoms with Gasteiger partial charge >= 0.3 is 0 Å². The molecule has 1 rings (SSSR count). The molecule has 0 radical (unpaired) electrons. The number of aryl methyl sites for hydroxylation is 1. The van der Waals surface area contributed by atoms with E-state index in [4.69, 9.17) is 0 Å². The van der Waals surface area contributed by atoms with Crippen molar-refractivity contribution < 1.29 is 4.21 Å². The van der Waals surface area contributed by atoms with Crippen LogP contribution in [0.4, 0.5) is 0 Å². The molecule has 1 atom stereocenters. The lowest BCUT2D eigenvalue weighted by molar-refractivity contribution is 0.684. The Kier molecular flexibility index (Phi) is 3.20. The Morgan fingerprint density at radius 2 is 2.36 bits per heavy atom. The summed E-state index contributed by atoms with van der Waals surface area (Å²) in [6.07, 6.45) is 0.880. The van der Waals surface area contributed by atoms with Crippen LogP contribution >= 0.6 is 11.3 Å². The van der Waals surface area contributed by atoms with Crippen LogP contribution in [0.15, 0.2) is 9.72 Å². The minimum Gasteiger partial charge on any atom is -0.253 e. The lowest BCUT2D eigenvalue weighted by atomic mass is 10.4. The molecule has 0 fully saturated rings. The van der Waals surface area contributed by atoms with E-state index in [0.717, 1.165) is 16.3 Å². The maximum absolute atomic E-state index is 11.3. The fraction of sp³-hybridized carbons (Fsp3) is 0.571. The normalized spacial score (nSPS) is 13.3. The van der Waals surface area contributed by atoms with Crippen molar-refractivity contribution in [3.8, 4) is 0 Å². The average Bonchev–Trinajstić information content (AvgIpc) is 2.50. The third-order valence-corrected chi connectivity index (χ3v) is 4.09. The van der Waals surface area contributed by atoms with Crippen molar-refractivity contribution >= 4 is 22.1 Å². The maximum atomic E-state index is 11.3. The van der Waals surface area contributed by atoms with E-state index in [2.05, 4.69) is 4.98 Å². The van der Waals surface area contributed by atoms with Crippen LogP contribution in [0.1, 0.15) is 19.5 Å². The van der Waals surface area contributed by atoms with E-state index < -0.39 is 10.8 Å². The highest BCUT2D eigenvalue weighted by atomic mass is 32.2. The number of hydrogen-bond donors (Lipinski definition) is 0. The van der Waals surface area contributed by atoms with Crippen molar-refractivity contribution in [2.45, 2.75) is 24.5 Å². The second kappa shape index (κ2) is 3.97. The highest BCUT2D eigenvalue weighted by molar-refractivity contribution is 7.87. The zero-order valence-electron chi connectivity index (χ0n) is 6.66. The molecule has 1 unspecified atom stereocenters. The Bertz CT molecular complexity index is 257. The molecule has 0 saturated heterocycles. The Hall–Kier alpha value is -0.220. The van der Waals surface area contributed by atoms with E-state index in [0.29, 0.717) is 5.75 Å². The Morgan fingerprint density at radius 3 is 2.91 bits per heavy atom. The maximum Gasteiger partial charge on any atom is 0.114 e. The average molecular weight is 189 g/mol. The summed E-state index contributed by atoms with van der Waals surface area (Å²) in [7, 11) is -0.815. The molecular formula is C7H11NOS2. The predicted molar refractivity (Wildman–Crippen MR) is 48.4 cm³/mol. The molecule has 11 heavy (non-hydrogen) atoms. The molecule has 2 nitrogen and oxygen atoms in total. The molecule has 0 aliphatic heterocycles. The quantitative estimate of drug-likeness (QED) is 0.726. The van der Waals surface area contributed by atoms with Gasteiger partial charge in [-0.15, -0.1) is 11.3 Å². The van der Waals surface area contributed by atoms with Gasteiger partial charge in [-0.2, -0.15) is 0 Å². The molecule has 1 aromatic heterocycles. The zero-order chi connectivity index (χ0) is 8.27. The van der Waals surface area contributed by atoms with Crippen LogP contribution in [-0.4, -0.2) is 14.9 Å². The Balaban J connectivity index is 2.92. The smallest absolute Gasteiger partial charge is 0.114 e. The van der Waals surface area contributed by atoms with Gasteiger partial charge < -0.3 is 0 Å². The molecule has 0 saturated carbocycles. The first-order valence-corrected chi connectivity index (χ1v) is 5.80. The molecule has 62 valence electrons. The Morgan fingerprint density at radius 1 is 1.64 bits per heavy atom. The van der Waals surface area contributed by atoms with Gasteiger partial charge in [0.25, 0.3) is 0 Å². The first-order valence-electron chi connectivity index (χ1n) is 3.60. The molecule has 0 N–H and O–H groups in total. The van der Waals surface area contributed by atoms with E-state index in [-0.39, 0.29) is 0 Å². The summed E-state index contributed by atoms with van der Waals surface area (Å²) in [5.41, 5.74) is 2.76. The molecule has 0 spiro atoms. The van der Waals surface area contributed by atoms with Crippen LogP contribution in [0.5, 0.6) is 0 Å². The summed E-state index contributed by atoms with van der Waals surface area (Å²) >= 11 is 1.50. The van der Waals surface area contributed by atoms with Crippen LogP contribution in [0, 0.1) is 0 Å². The number of thiazole rings is 1. The largest absolute Gasteiger partial charge is 0.253 e. The summed E-state index contributed by atoms with van der Waals surface area (Å²) in [5, 5.41) is 0. The van der Waals surface area contributed by atoms with Crippen molar-refractivity contribution in [2.75, 3.05) is 5.75 Å². The molecule has 0 bridgehead atoms. The van der Waals surface area contributed by atoms with Crippen LogP contribution < -0.4 is 0 Å². The van der Waals surface area contributed by atoms with E-state index in [9.17, 15) is 4.21 Å². The first kappa shape index (κ1) is 8.87. The Labute approximate surface area is 73.1 Å². The lowest BCUT2D eigenvalue weighted by Gasteiger charge is -1.95. The standard InChI is InChI=1S/C7H11NOS2/c1-3-6-7(10-5-8-6)11(9)4-2/h5H,3-4H2,1-2H3. The molecule has 1 heterocycles. The van der Waals surface area contributed by atoms with Gasteiger partial charge in [-0.3, -0.25) is 4.21 Å². The zero-order valence-corrected chi connectivity index (χ0v) is 8.30. The molecule has 1 aromatic rings. The molecule has 4 heteroatoms. The van der Waals surface area contributed by atoms with Crippen LogP contribution in [0.25, 0.3) is 0 Å². The van der Waals surface area contributed by atoms with E-state index in [1.807, 2.05) is 13.8 Å². The highest BCUT2D eigenvalue weighted by Crippen LogP contribution is 2.18. The summed E-state index contributed by atoms with van der Waals surface area (Å²) in [6, 6.07) is 0. The van der Waals surface area contributed by atoms with Crippen molar-refractivity contribution in [3.63, 3.8) is 0 Å². The second-order valence-electron chi connectivity index (χ2n) is 2.07. The van der Waals surface area contributed by atoms with Crippen LogP contribution in [0.2, 0.25) is 0 Å². The van der Waals surface area contributed by atoms with E-state index in [1.165, 1.54) is 11.3 Å². The topological polar surface area (TPSA) is 30.0 Å². The molecule has 0 aromatic carbocycles. The van der Waals surface area contributed by atoms with Gasteiger partial charge in [0, 0.05) is 5.75 Å². The fourth-order valence-corrected chi connectivity index (χ4v) is 3.05. The first-order chi connectivity index (χ1) is 5.29. The third-order valence-electron chi connectivity index (χ3n) is 1.41. The van der Waals surface area contributed by atoms with Crippen molar-refractivity contribution in [3.05, 3.63) is 11.2 Å². The lowest BCUT2D eigenvalue weighted by Crippen LogP contribution is -1.95. The van der Waals surface area contributed by atoms with Crippen molar-refractivity contribution in [2.24, 2.45) is 0 Å². The molecule has 0 amide bonds. The van der Waals surface area contributed by atoms with Gasteiger partial charge in [0.15, 0.2) is 0 Å². The van der Waals surface area contributed by atoms with Gasteiger partial charge in [-0.05, 0) is 6.42 Å². The predicted octanol–water partition coefficient (Wildman–Crippen LogP) is 1.83. The SMILES string of the molecule is CCc1ncsc1S(=O)CC. The molecular weight excluding hydrogens is 178 g/mol. The van der Waals surface area contributed by atoms with Gasteiger partial charge in [0.2, 0.25) is 0 Å². The van der Waals surface area contributed by atoms with Crippen LogP contribution in [0.3, 0.4) is 0 Å². The van der Waals surface area contributed by atoms with Gasteiger partial charge in [-0.25, -0.2) is 4.98 Å². The highest BCUT2D eigenvalue weighted by Gasteiger charge is 2.08. The van der Waals surface area contributed by atoms with Crippen LogP contribution in [-0.2, 0) is 17.2 Å². The summed E-state index contributed by atoms with van der Waals surface area (Å²) in [4.78, 5) is 4.13. The van der Waals surface area contributed by atoms with E-state index in [1.54, 1.807) is 5.51 Å². The summed E-state index contributed by atoms with van der Waals surface area (Å²) < 4.78 is 12.3. The monoisotopic (exact) mass is 189 g/mol. The van der Waals surface area contributed by atoms with Crippen molar-refractivity contribution in [1.29, 1.82) is 0 Å². The van der Waals surface area contributed by atoms with Crippen molar-refractivity contribution in [1.82, 2.24) is 4.98 Å². The van der Waals surface area contributed by atoms with Gasteiger partial charge in [-0.1, -0.05) is 13.8 Å².